The number of hydrogen-bond acceptors (Lipinski definition) is 4. The van der Waals surface area contributed by atoms with Gasteiger partial charge in [0.2, 0.25) is 11.8 Å². The third-order valence-electron chi connectivity index (χ3n) is 5.20. The highest BCUT2D eigenvalue weighted by molar-refractivity contribution is 7.14. The van der Waals surface area contributed by atoms with Gasteiger partial charge in [-0.1, -0.05) is 42.5 Å². The summed E-state index contributed by atoms with van der Waals surface area (Å²) in [6.07, 6.45) is 1.88. The molecule has 1 aromatic heterocycles. The molecule has 1 N–H and O–H groups in total. The van der Waals surface area contributed by atoms with Crippen molar-refractivity contribution in [1.29, 1.82) is 0 Å². The van der Waals surface area contributed by atoms with Crippen molar-refractivity contribution in [1.82, 2.24) is 9.88 Å². The Hall–Kier alpha value is -3.06. The molecule has 5 nitrogen and oxygen atoms in total. The lowest BCUT2D eigenvalue weighted by Crippen LogP contribution is -2.44. The maximum absolute atomic E-state index is 13.4. The fraction of sp³-hybridized carbons (Fsp3) is 0.261. The summed E-state index contributed by atoms with van der Waals surface area (Å²) in [7, 11) is 0. The van der Waals surface area contributed by atoms with Gasteiger partial charge < -0.3 is 10.2 Å². The molecule has 30 heavy (non-hydrogen) atoms. The molecule has 154 valence electrons. The number of likely N-dealkylation sites (tertiary alicyclic amines) is 1. The van der Waals surface area contributed by atoms with Crippen LogP contribution in [0, 0.1) is 11.7 Å². The molecule has 2 heterocycles. The number of rotatable bonds is 5. The van der Waals surface area contributed by atoms with Crippen molar-refractivity contribution in [2.75, 3.05) is 18.4 Å². The maximum atomic E-state index is 13.4. The maximum Gasteiger partial charge on any atom is 0.231 e. The van der Waals surface area contributed by atoms with Crippen LogP contribution in [0.15, 0.2) is 60.0 Å². The van der Waals surface area contributed by atoms with E-state index in [-0.39, 0.29) is 23.5 Å². The summed E-state index contributed by atoms with van der Waals surface area (Å²) in [5.74, 6) is -0.678. The monoisotopic (exact) mass is 423 g/mol. The highest BCUT2D eigenvalue weighted by atomic mass is 32.1. The Labute approximate surface area is 178 Å². The van der Waals surface area contributed by atoms with Crippen LogP contribution in [0.5, 0.6) is 0 Å². The largest absolute Gasteiger partial charge is 0.342 e. The molecule has 2 aromatic carbocycles. The second kappa shape index (κ2) is 9.17. The van der Waals surface area contributed by atoms with Crippen molar-refractivity contribution in [3.63, 3.8) is 0 Å². The molecule has 2 amide bonds. The summed E-state index contributed by atoms with van der Waals surface area (Å²) < 4.78 is 13.4. The van der Waals surface area contributed by atoms with E-state index in [9.17, 15) is 14.0 Å². The predicted molar refractivity (Wildman–Crippen MR) is 116 cm³/mol. The summed E-state index contributed by atoms with van der Waals surface area (Å²) >= 11 is 1.31. The van der Waals surface area contributed by atoms with Crippen LogP contribution in [0.4, 0.5) is 9.52 Å². The predicted octanol–water partition coefficient (Wildman–Crippen LogP) is 4.37. The first-order valence-electron chi connectivity index (χ1n) is 9.92. The van der Waals surface area contributed by atoms with E-state index < -0.39 is 0 Å². The minimum Gasteiger partial charge on any atom is -0.342 e. The van der Waals surface area contributed by atoms with Crippen molar-refractivity contribution >= 4 is 28.3 Å². The standard InChI is InChI=1S/C23H22FN3O2S/c24-19-10-4-8-17(13-19)20-15-30-23(25-20)26-22(29)18-9-5-11-27(14-18)21(28)12-16-6-2-1-3-7-16/h1-4,6-8,10,13,15,18H,5,9,11-12,14H2,(H,25,26,29). The zero-order valence-electron chi connectivity index (χ0n) is 16.4. The van der Waals surface area contributed by atoms with Crippen molar-refractivity contribution in [2.45, 2.75) is 19.3 Å². The Bertz CT molecular complexity index is 1040. The Morgan fingerprint density at radius 1 is 1.17 bits per heavy atom. The van der Waals surface area contributed by atoms with Crippen molar-refractivity contribution in [3.05, 3.63) is 71.4 Å². The molecule has 0 aliphatic carbocycles. The molecule has 1 aliphatic heterocycles. The number of nitrogens with zero attached hydrogens (tertiary/aromatic N) is 2. The third-order valence-corrected chi connectivity index (χ3v) is 5.96. The van der Waals surface area contributed by atoms with Crippen LogP contribution in [0.25, 0.3) is 11.3 Å². The number of thiazole rings is 1. The molecule has 0 saturated carbocycles. The van der Waals surface area contributed by atoms with Crippen LogP contribution < -0.4 is 5.32 Å². The van der Waals surface area contributed by atoms with Crippen LogP contribution in [0.3, 0.4) is 0 Å². The molecule has 7 heteroatoms. The molecule has 1 fully saturated rings. The molecule has 0 radical (unpaired) electrons. The van der Waals surface area contributed by atoms with E-state index in [1.165, 1.54) is 23.5 Å². The molecule has 1 atom stereocenters. The van der Waals surface area contributed by atoms with E-state index in [1.807, 2.05) is 30.3 Å². The molecule has 3 aromatic rings. The summed E-state index contributed by atoms with van der Waals surface area (Å²) in [6, 6.07) is 15.8. The van der Waals surface area contributed by atoms with Crippen LogP contribution in [-0.4, -0.2) is 34.8 Å². The zero-order chi connectivity index (χ0) is 20.9. The molecular formula is C23H22FN3O2S. The second-order valence-electron chi connectivity index (χ2n) is 7.38. The average Bonchev–Trinajstić information content (AvgIpc) is 3.23. The number of aromatic nitrogens is 1. The molecule has 1 unspecified atom stereocenters. The van der Waals surface area contributed by atoms with Gasteiger partial charge in [-0.3, -0.25) is 9.59 Å². The Morgan fingerprint density at radius 3 is 2.80 bits per heavy atom. The third kappa shape index (κ3) is 4.91. The normalized spacial score (nSPS) is 16.3. The smallest absolute Gasteiger partial charge is 0.231 e. The minimum absolute atomic E-state index is 0.0429. The minimum atomic E-state index is -0.325. The molecule has 1 aliphatic rings. The number of carbonyl (C=O) groups is 2. The lowest BCUT2D eigenvalue weighted by Gasteiger charge is -2.32. The first kappa shape index (κ1) is 20.2. The number of anilines is 1. The van der Waals surface area contributed by atoms with Crippen LogP contribution in [-0.2, 0) is 16.0 Å². The van der Waals surface area contributed by atoms with Crippen LogP contribution in [0.2, 0.25) is 0 Å². The fourth-order valence-electron chi connectivity index (χ4n) is 3.62. The lowest BCUT2D eigenvalue weighted by molar-refractivity contribution is -0.133. The Morgan fingerprint density at radius 2 is 2.00 bits per heavy atom. The van der Waals surface area contributed by atoms with Gasteiger partial charge in [-0.2, -0.15) is 0 Å². The van der Waals surface area contributed by atoms with E-state index in [0.717, 1.165) is 18.4 Å². The van der Waals surface area contributed by atoms with E-state index in [1.54, 1.807) is 22.4 Å². The van der Waals surface area contributed by atoms with Gasteiger partial charge in [0.05, 0.1) is 18.0 Å². The van der Waals surface area contributed by atoms with Gasteiger partial charge in [-0.05, 0) is 30.5 Å². The van der Waals surface area contributed by atoms with Crippen molar-refractivity contribution in [2.24, 2.45) is 5.92 Å². The highest BCUT2D eigenvalue weighted by Crippen LogP contribution is 2.26. The second-order valence-corrected chi connectivity index (χ2v) is 8.24. The molecular weight excluding hydrogens is 401 g/mol. The van der Waals surface area contributed by atoms with Crippen LogP contribution >= 0.6 is 11.3 Å². The fourth-order valence-corrected chi connectivity index (χ4v) is 4.34. The van der Waals surface area contributed by atoms with Gasteiger partial charge in [-0.25, -0.2) is 9.37 Å². The van der Waals surface area contributed by atoms with Gasteiger partial charge in [0.15, 0.2) is 5.13 Å². The van der Waals surface area contributed by atoms with Crippen molar-refractivity contribution in [3.8, 4) is 11.3 Å². The summed E-state index contributed by atoms with van der Waals surface area (Å²) in [5, 5.41) is 5.13. The zero-order valence-corrected chi connectivity index (χ0v) is 17.2. The molecule has 1 saturated heterocycles. The first-order chi connectivity index (χ1) is 14.6. The number of halogens is 1. The number of benzene rings is 2. The van der Waals surface area contributed by atoms with E-state index in [0.29, 0.717) is 35.9 Å². The van der Waals surface area contributed by atoms with Gasteiger partial charge >= 0.3 is 0 Å². The summed E-state index contributed by atoms with van der Waals surface area (Å²) in [4.78, 5) is 31.6. The topological polar surface area (TPSA) is 62.3 Å². The van der Waals surface area contributed by atoms with Crippen LogP contribution in [0.1, 0.15) is 18.4 Å². The Kier molecular flexibility index (Phi) is 6.18. The average molecular weight is 424 g/mol. The first-order valence-corrected chi connectivity index (χ1v) is 10.8. The molecule has 0 spiro atoms. The number of piperidine rings is 1. The quantitative estimate of drug-likeness (QED) is 0.663. The van der Waals surface area contributed by atoms with E-state index in [4.69, 9.17) is 0 Å². The van der Waals surface area contributed by atoms with Gasteiger partial charge in [0, 0.05) is 24.0 Å². The number of carbonyl (C=O) groups excluding carboxylic acids is 2. The molecule has 4 rings (SSSR count). The summed E-state index contributed by atoms with van der Waals surface area (Å²) in [5.41, 5.74) is 2.27. The van der Waals surface area contributed by atoms with Crippen molar-refractivity contribution < 1.29 is 14.0 Å². The lowest BCUT2D eigenvalue weighted by atomic mass is 9.96. The number of hydrogen-bond donors (Lipinski definition) is 1. The Balaban J connectivity index is 1.36. The molecule has 0 bridgehead atoms. The number of nitrogens with one attached hydrogen (secondary N) is 1. The van der Waals surface area contributed by atoms with Gasteiger partial charge in [-0.15, -0.1) is 11.3 Å². The SMILES string of the molecule is O=C(Nc1nc(-c2cccc(F)c2)cs1)C1CCCN(C(=O)Cc2ccccc2)C1. The summed E-state index contributed by atoms with van der Waals surface area (Å²) in [6.45, 7) is 1.09. The number of amides is 2. The van der Waals surface area contributed by atoms with E-state index >= 15 is 0 Å². The highest BCUT2D eigenvalue weighted by Gasteiger charge is 2.28. The van der Waals surface area contributed by atoms with Gasteiger partial charge in [0.1, 0.15) is 5.82 Å². The van der Waals surface area contributed by atoms with E-state index in [2.05, 4.69) is 10.3 Å². The van der Waals surface area contributed by atoms with Gasteiger partial charge in [0.25, 0.3) is 0 Å².